The van der Waals surface area contributed by atoms with Gasteiger partial charge in [-0.1, -0.05) is 6.07 Å². The Labute approximate surface area is 168 Å². The molecule has 0 spiro atoms. The largest absolute Gasteiger partial charge is 0.496 e. The lowest BCUT2D eigenvalue weighted by Gasteiger charge is -2.33. The minimum Gasteiger partial charge on any atom is -0.496 e. The number of aromatic nitrogens is 1. The number of ether oxygens (including phenoxy) is 1. The molecule has 1 aromatic heterocycles. The summed E-state index contributed by atoms with van der Waals surface area (Å²) in [5, 5.41) is 2.07. The number of benzene rings is 2. The molecule has 1 atom stereocenters. The zero-order valence-corrected chi connectivity index (χ0v) is 16.4. The molecule has 0 saturated carbocycles. The lowest BCUT2D eigenvalue weighted by Crippen LogP contribution is -2.40. The summed E-state index contributed by atoms with van der Waals surface area (Å²) < 4.78 is 33.5. The van der Waals surface area contributed by atoms with Gasteiger partial charge in [-0.2, -0.15) is 0 Å². The van der Waals surface area contributed by atoms with E-state index < -0.39 is 23.1 Å². The molecular weight excluding hydrogens is 374 g/mol. The van der Waals surface area contributed by atoms with Crippen molar-refractivity contribution in [1.29, 1.82) is 0 Å². The van der Waals surface area contributed by atoms with Gasteiger partial charge in [-0.25, -0.2) is 8.78 Å². The molecule has 0 radical (unpaired) electrons. The van der Waals surface area contributed by atoms with Gasteiger partial charge < -0.3 is 9.64 Å². The standard InChI is InChI=1S/C23H22F2N2O2/c1-14-17-11-20(26-12-15(17)8-9-21(14)29-2)16-5-4-10-27(13-16)23(28)22-18(24)6-3-7-19(22)25/h3,6-9,11-12,16H,4-5,10,13H2,1-2H3/t16-/m1/s1. The second-order valence-electron chi connectivity index (χ2n) is 7.41. The number of fused-ring (bicyclic) bond motifs is 1. The summed E-state index contributed by atoms with van der Waals surface area (Å²) in [5.41, 5.74) is 1.42. The van der Waals surface area contributed by atoms with E-state index in [0.717, 1.165) is 52.8 Å². The van der Waals surface area contributed by atoms with Gasteiger partial charge in [0.15, 0.2) is 0 Å². The van der Waals surface area contributed by atoms with Crippen LogP contribution < -0.4 is 4.74 Å². The first kappa shape index (κ1) is 19.3. The summed E-state index contributed by atoms with van der Waals surface area (Å²) in [6.07, 6.45) is 3.45. The molecule has 6 heteroatoms. The van der Waals surface area contributed by atoms with Crippen LogP contribution in [0.3, 0.4) is 0 Å². The summed E-state index contributed by atoms with van der Waals surface area (Å²) in [6.45, 7) is 2.86. The topological polar surface area (TPSA) is 42.4 Å². The Kier molecular flexibility index (Phi) is 5.18. The quantitative estimate of drug-likeness (QED) is 0.636. The maximum Gasteiger partial charge on any atom is 0.259 e. The van der Waals surface area contributed by atoms with E-state index >= 15 is 0 Å². The van der Waals surface area contributed by atoms with Crippen LogP contribution in [0.4, 0.5) is 8.78 Å². The van der Waals surface area contributed by atoms with E-state index in [1.807, 2.05) is 31.3 Å². The van der Waals surface area contributed by atoms with Crippen LogP contribution in [0.2, 0.25) is 0 Å². The van der Waals surface area contributed by atoms with Gasteiger partial charge in [0.25, 0.3) is 5.91 Å². The number of pyridine rings is 1. The smallest absolute Gasteiger partial charge is 0.259 e. The van der Waals surface area contributed by atoms with Gasteiger partial charge in [-0.15, -0.1) is 0 Å². The van der Waals surface area contributed by atoms with Crippen molar-refractivity contribution in [2.75, 3.05) is 20.2 Å². The van der Waals surface area contributed by atoms with Crippen molar-refractivity contribution >= 4 is 16.7 Å². The number of hydrogen-bond donors (Lipinski definition) is 0. The van der Waals surface area contributed by atoms with E-state index in [1.54, 1.807) is 7.11 Å². The minimum absolute atomic E-state index is 0.0116. The highest BCUT2D eigenvalue weighted by Crippen LogP contribution is 2.32. The number of piperidine rings is 1. The Hall–Kier alpha value is -3.02. The Morgan fingerprint density at radius 3 is 2.69 bits per heavy atom. The SMILES string of the molecule is COc1ccc2cnc([C@@H]3CCCN(C(=O)c4c(F)cccc4F)C3)cc2c1C. The first-order chi connectivity index (χ1) is 14.0. The number of nitrogens with zero attached hydrogens (tertiary/aromatic N) is 2. The number of halogens is 2. The Balaban J connectivity index is 1.63. The van der Waals surface area contributed by atoms with Crippen LogP contribution in [0, 0.1) is 18.6 Å². The molecule has 0 N–H and O–H groups in total. The number of likely N-dealkylation sites (tertiary alicyclic amines) is 1. The first-order valence-electron chi connectivity index (χ1n) is 9.66. The van der Waals surface area contributed by atoms with E-state index in [1.165, 1.54) is 11.0 Å². The molecular formula is C23H22F2N2O2. The zero-order chi connectivity index (χ0) is 20.5. The predicted octanol–water partition coefficient (Wildman–Crippen LogP) is 4.85. The summed E-state index contributed by atoms with van der Waals surface area (Å²) >= 11 is 0. The van der Waals surface area contributed by atoms with E-state index in [4.69, 9.17) is 4.74 Å². The highest BCUT2D eigenvalue weighted by Gasteiger charge is 2.29. The van der Waals surface area contributed by atoms with Crippen LogP contribution in [0.25, 0.3) is 10.8 Å². The second kappa shape index (κ2) is 7.78. The number of methoxy groups -OCH3 is 1. The van der Waals surface area contributed by atoms with E-state index in [9.17, 15) is 13.6 Å². The first-order valence-corrected chi connectivity index (χ1v) is 9.66. The van der Waals surface area contributed by atoms with Gasteiger partial charge in [0.2, 0.25) is 0 Å². The average Bonchev–Trinajstić information content (AvgIpc) is 2.74. The third-order valence-corrected chi connectivity index (χ3v) is 5.67. The van der Waals surface area contributed by atoms with Crippen LogP contribution in [0.15, 0.2) is 42.6 Å². The third-order valence-electron chi connectivity index (χ3n) is 5.67. The molecule has 4 nitrogen and oxygen atoms in total. The predicted molar refractivity (Wildman–Crippen MR) is 107 cm³/mol. The van der Waals surface area contributed by atoms with E-state index in [0.29, 0.717) is 13.1 Å². The number of rotatable bonds is 3. The van der Waals surface area contributed by atoms with Crippen LogP contribution >= 0.6 is 0 Å². The fourth-order valence-corrected chi connectivity index (χ4v) is 4.07. The molecule has 1 saturated heterocycles. The minimum atomic E-state index is -0.830. The molecule has 2 aromatic carbocycles. The fourth-order valence-electron chi connectivity index (χ4n) is 4.07. The molecule has 1 aliphatic heterocycles. The van der Waals surface area contributed by atoms with Gasteiger partial charge in [0.05, 0.1) is 7.11 Å². The normalized spacial score (nSPS) is 16.8. The van der Waals surface area contributed by atoms with E-state index in [-0.39, 0.29) is 5.92 Å². The number of amides is 1. The molecule has 2 heterocycles. The van der Waals surface area contributed by atoms with Gasteiger partial charge in [-0.05, 0) is 61.0 Å². The summed E-state index contributed by atoms with van der Waals surface area (Å²) in [5.74, 6) is -1.45. The van der Waals surface area contributed by atoms with E-state index in [2.05, 4.69) is 4.98 Å². The highest BCUT2D eigenvalue weighted by atomic mass is 19.1. The average molecular weight is 396 g/mol. The van der Waals surface area contributed by atoms with Gasteiger partial charge in [0.1, 0.15) is 22.9 Å². The zero-order valence-electron chi connectivity index (χ0n) is 16.4. The molecule has 4 rings (SSSR count). The monoisotopic (exact) mass is 396 g/mol. The maximum absolute atomic E-state index is 14.1. The van der Waals surface area contributed by atoms with Gasteiger partial charge in [-0.3, -0.25) is 9.78 Å². The van der Waals surface area contributed by atoms with Crippen molar-refractivity contribution in [2.45, 2.75) is 25.7 Å². The Morgan fingerprint density at radius 1 is 1.21 bits per heavy atom. The number of aryl methyl sites for hydroxylation is 1. The lowest BCUT2D eigenvalue weighted by atomic mass is 9.92. The highest BCUT2D eigenvalue weighted by molar-refractivity contribution is 5.95. The van der Waals surface area contributed by atoms with Crippen LogP contribution in [0.5, 0.6) is 5.75 Å². The lowest BCUT2D eigenvalue weighted by molar-refractivity contribution is 0.0696. The molecule has 1 fully saturated rings. The van der Waals surface area contributed by atoms with Crippen LogP contribution in [-0.2, 0) is 0 Å². The van der Waals surface area contributed by atoms with Gasteiger partial charge >= 0.3 is 0 Å². The molecule has 29 heavy (non-hydrogen) atoms. The molecule has 0 aliphatic carbocycles. The van der Waals surface area contributed by atoms with Crippen LogP contribution in [0.1, 0.15) is 40.4 Å². The Bertz CT molecular complexity index is 1060. The Morgan fingerprint density at radius 2 is 1.97 bits per heavy atom. The molecule has 0 unspecified atom stereocenters. The number of carbonyl (C=O) groups is 1. The molecule has 1 aliphatic rings. The van der Waals surface area contributed by atoms with Crippen molar-refractivity contribution in [3.8, 4) is 5.75 Å². The molecule has 150 valence electrons. The van der Waals surface area contributed by atoms with Crippen molar-refractivity contribution in [3.05, 3.63) is 71.1 Å². The molecule has 3 aromatic rings. The summed E-state index contributed by atoms with van der Waals surface area (Å²) in [7, 11) is 1.64. The summed E-state index contributed by atoms with van der Waals surface area (Å²) in [6, 6.07) is 9.40. The number of carbonyl (C=O) groups excluding carboxylic acids is 1. The van der Waals surface area contributed by atoms with Crippen LogP contribution in [-0.4, -0.2) is 36.0 Å². The maximum atomic E-state index is 14.1. The van der Waals surface area contributed by atoms with Gasteiger partial charge in [0, 0.05) is 36.3 Å². The molecule has 1 amide bonds. The molecule has 0 bridgehead atoms. The van der Waals surface area contributed by atoms with Crippen molar-refractivity contribution < 1.29 is 18.3 Å². The second-order valence-corrected chi connectivity index (χ2v) is 7.41. The van der Waals surface area contributed by atoms with Crippen molar-refractivity contribution in [2.24, 2.45) is 0 Å². The van der Waals surface area contributed by atoms with Crippen molar-refractivity contribution in [3.63, 3.8) is 0 Å². The van der Waals surface area contributed by atoms with Crippen molar-refractivity contribution in [1.82, 2.24) is 9.88 Å². The third kappa shape index (κ3) is 3.55. The summed E-state index contributed by atoms with van der Waals surface area (Å²) in [4.78, 5) is 18.9. The fraction of sp³-hybridized carbons (Fsp3) is 0.304. The number of hydrogen-bond acceptors (Lipinski definition) is 3.